The van der Waals surface area contributed by atoms with Crippen molar-refractivity contribution in [2.24, 2.45) is 0 Å². The van der Waals surface area contributed by atoms with Crippen molar-refractivity contribution in [3.63, 3.8) is 0 Å². The van der Waals surface area contributed by atoms with Crippen LogP contribution in [0.25, 0.3) is 0 Å². The molecule has 0 bridgehead atoms. The van der Waals surface area contributed by atoms with Gasteiger partial charge in [0.1, 0.15) is 11.5 Å². The molecule has 8 heteroatoms. The highest BCUT2D eigenvalue weighted by atomic mass is 32.1. The first-order chi connectivity index (χ1) is 12.1. The summed E-state index contributed by atoms with van der Waals surface area (Å²) in [5.74, 6) is -0.857. The molecule has 3 rings (SSSR count). The molecule has 3 heterocycles. The number of carbonyl (C=O) groups excluding carboxylic acids is 2. The smallest absolute Gasteiger partial charge is 0.309 e. The van der Waals surface area contributed by atoms with Crippen molar-refractivity contribution in [2.45, 2.75) is 12.1 Å². The second kappa shape index (κ2) is 7.37. The number of aliphatic hydroxyl groups is 1. The summed E-state index contributed by atoms with van der Waals surface area (Å²) in [6.45, 7) is -0.101. The van der Waals surface area contributed by atoms with Gasteiger partial charge in [0, 0.05) is 5.56 Å². The maximum atomic E-state index is 12.0. The molecule has 0 saturated heterocycles. The van der Waals surface area contributed by atoms with Gasteiger partial charge in [-0.05, 0) is 41.1 Å². The predicted molar refractivity (Wildman–Crippen MR) is 89.6 cm³/mol. The van der Waals surface area contributed by atoms with Crippen LogP contribution in [0, 0.1) is 0 Å². The largest absolute Gasteiger partial charge is 0.467 e. The number of nitrogens with one attached hydrogen (secondary N) is 2. The topological polar surface area (TPSA) is 105 Å². The van der Waals surface area contributed by atoms with E-state index in [0.29, 0.717) is 11.3 Å². The molecule has 0 aromatic carbocycles. The number of rotatable bonds is 6. The van der Waals surface area contributed by atoms with Gasteiger partial charge in [-0.3, -0.25) is 9.59 Å². The number of thiophene rings is 1. The third-order valence-electron chi connectivity index (χ3n) is 3.64. The van der Waals surface area contributed by atoms with Gasteiger partial charge >= 0.3 is 11.8 Å². The van der Waals surface area contributed by atoms with E-state index < -0.39 is 17.4 Å². The number of furan rings is 2. The number of hydrogen-bond acceptors (Lipinski definition) is 6. The van der Waals surface area contributed by atoms with Crippen LogP contribution >= 0.6 is 11.3 Å². The van der Waals surface area contributed by atoms with Crippen LogP contribution in [0.2, 0.25) is 0 Å². The maximum Gasteiger partial charge on any atom is 0.309 e. The molecule has 0 aliphatic rings. The minimum atomic E-state index is -1.56. The highest BCUT2D eigenvalue weighted by Crippen LogP contribution is 2.30. The van der Waals surface area contributed by atoms with Gasteiger partial charge in [0.2, 0.25) is 0 Å². The first-order valence-corrected chi connectivity index (χ1v) is 8.41. The van der Waals surface area contributed by atoms with Gasteiger partial charge in [0.25, 0.3) is 0 Å². The molecule has 3 N–H and O–H groups in total. The Hall–Kier alpha value is -2.84. The number of amides is 2. The van der Waals surface area contributed by atoms with Crippen LogP contribution in [-0.4, -0.2) is 23.5 Å². The quantitative estimate of drug-likeness (QED) is 0.579. The molecule has 7 nitrogen and oxygen atoms in total. The lowest BCUT2D eigenvalue weighted by Gasteiger charge is -2.25. The molecule has 0 radical (unpaired) electrons. The monoisotopic (exact) mass is 360 g/mol. The first kappa shape index (κ1) is 17.0. The van der Waals surface area contributed by atoms with Crippen LogP contribution in [0.4, 0.5) is 0 Å². The van der Waals surface area contributed by atoms with Gasteiger partial charge in [0.15, 0.2) is 5.60 Å². The first-order valence-electron chi connectivity index (χ1n) is 7.47. The Labute approximate surface area is 147 Å². The predicted octanol–water partition coefficient (Wildman–Crippen LogP) is 1.60. The normalized spacial score (nSPS) is 13.2. The van der Waals surface area contributed by atoms with Crippen molar-refractivity contribution in [3.05, 3.63) is 70.7 Å². The second-order valence-electron chi connectivity index (χ2n) is 5.29. The molecular weight excluding hydrogens is 344 g/mol. The summed E-state index contributed by atoms with van der Waals surface area (Å²) in [5, 5.41) is 19.4. The van der Waals surface area contributed by atoms with Gasteiger partial charge < -0.3 is 24.6 Å². The highest BCUT2D eigenvalue weighted by molar-refractivity contribution is 7.08. The molecule has 0 spiro atoms. The number of carbonyl (C=O) groups is 2. The van der Waals surface area contributed by atoms with Crippen LogP contribution in [0.15, 0.2) is 62.5 Å². The van der Waals surface area contributed by atoms with Crippen LogP contribution in [0.3, 0.4) is 0 Å². The van der Waals surface area contributed by atoms with E-state index in [1.807, 2.05) is 0 Å². The average Bonchev–Trinajstić information content (AvgIpc) is 3.38. The van der Waals surface area contributed by atoms with E-state index in [9.17, 15) is 14.7 Å². The molecule has 0 unspecified atom stereocenters. The molecule has 0 aliphatic heterocycles. The SMILES string of the molecule is O=C(NCc1ccco1)C(=O)NC[C@](O)(c1ccsc1)c1ccco1. The highest BCUT2D eigenvalue weighted by Gasteiger charge is 2.36. The third kappa shape index (κ3) is 3.81. The Morgan fingerprint density at radius 1 is 1.08 bits per heavy atom. The van der Waals surface area contributed by atoms with Crippen LogP contribution in [-0.2, 0) is 21.7 Å². The molecule has 0 fully saturated rings. The standard InChI is InChI=1S/C17H16N2O5S/c20-15(18-9-13-3-1-6-23-13)16(21)19-11-17(22,12-5-8-25-10-12)14-4-2-7-24-14/h1-8,10,22H,9,11H2,(H,18,20)(H,19,21)/t17-/m0/s1. The molecular formula is C17H16N2O5S. The van der Waals surface area contributed by atoms with E-state index in [4.69, 9.17) is 8.83 Å². The molecule has 2 amide bonds. The average molecular weight is 360 g/mol. The Balaban J connectivity index is 1.63. The zero-order valence-electron chi connectivity index (χ0n) is 13.1. The molecule has 3 aromatic rings. The lowest BCUT2D eigenvalue weighted by atomic mass is 9.93. The summed E-state index contributed by atoms with van der Waals surface area (Å²) in [5.41, 5.74) is -0.982. The third-order valence-corrected chi connectivity index (χ3v) is 4.33. The summed E-state index contributed by atoms with van der Waals surface area (Å²) in [6.07, 6.45) is 2.91. The fourth-order valence-corrected chi connectivity index (χ4v) is 3.02. The van der Waals surface area contributed by atoms with E-state index in [-0.39, 0.29) is 18.8 Å². The van der Waals surface area contributed by atoms with Gasteiger partial charge in [-0.1, -0.05) is 0 Å². The van der Waals surface area contributed by atoms with E-state index in [1.165, 1.54) is 23.9 Å². The van der Waals surface area contributed by atoms with Crippen LogP contribution < -0.4 is 10.6 Å². The van der Waals surface area contributed by atoms with E-state index in [2.05, 4.69) is 10.6 Å². The second-order valence-corrected chi connectivity index (χ2v) is 6.07. The van der Waals surface area contributed by atoms with Gasteiger partial charge in [-0.15, -0.1) is 0 Å². The lowest BCUT2D eigenvalue weighted by molar-refractivity contribution is -0.139. The van der Waals surface area contributed by atoms with E-state index >= 15 is 0 Å². The summed E-state index contributed by atoms with van der Waals surface area (Å²) in [4.78, 5) is 23.9. The summed E-state index contributed by atoms with van der Waals surface area (Å²) < 4.78 is 10.4. The van der Waals surface area contributed by atoms with Crippen molar-refractivity contribution < 1.29 is 23.5 Å². The van der Waals surface area contributed by atoms with Gasteiger partial charge in [-0.2, -0.15) is 11.3 Å². The van der Waals surface area contributed by atoms with Crippen molar-refractivity contribution in [2.75, 3.05) is 6.54 Å². The van der Waals surface area contributed by atoms with Crippen molar-refractivity contribution >= 4 is 23.2 Å². The fraction of sp³-hybridized carbons (Fsp3) is 0.176. The van der Waals surface area contributed by atoms with Crippen molar-refractivity contribution in [1.82, 2.24) is 10.6 Å². The molecule has 1 atom stereocenters. The van der Waals surface area contributed by atoms with E-state index in [0.717, 1.165) is 0 Å². The Morgan fingerprint density at radius 3 is 2.48 bits per heavy atom. The lowest BCUT2D eigenvalue weighted by Crippen LogP contribution is -2.46. The zero-order chi connectivity index (χ0) is 17.7. The number of hydrogen-bond donors (Lipinski definition) is 3. The minimum Gasteiger partial charge on any atom is -0.467 e. The van der Waals surface area contributed by atoms with E-state index in [1.54, 1.807) is 41.1 Å². The van der Waals surface area contributed by atoms with Crippen LogP contribution in [0.5, 0.6) is 0 Å². The molecule has 3 aromatic heterocycles. The zero-order valence-corrected chi connectivity index (χ0v) is 13.9. The maximum absolute atomic E-state index is 12.0. The Kier molecular flexibility index (Phi) is 5.01. The molecule has 0 saturated carbocycles. The van der Waals surface area contributed by atoms with Gasteiger partial charge in [-0.25, -0.2) is 0 Å². The molecule has 130 valence electrons. The molecule has 25 heavy (non-hydrogen) atoms. The minimum absolute atomic E-state index is 0.103. The van der Waals surface area contributed by atoms with Gasteiger partial charge in [0.05, 0.1) is 25.6 Å². The van der Waals surface area contributed by atoms with Crippen molar-refractivity contribution in [1.29, 1.82) is 0 Å². The Bertz CT molecular complexity index is 775. The molecule has 0 aliphatic carbocycles. The summed E-state index contributed by atoms with van der Waals surface area (Å²) in [7, 11) is 0. The van der Waals surface area contributed by atoms with Crippen molar-refractivity contribution in [3.8, 4) is 0 Å². The van der Waals surface area contributed by atoms with Crippen LogP contribution in [0.1, 0.15) is 17.1 Å². The summed E-state index contributed by atoms with van der Waals surface area (Å²) in [6, 6.07) is 8.36. The fourth-order valence-electron chi connectivity index (χ4n) is 2.29. The Morgan fingerprint density at radius 2 is 1.84 bits per heavy atom. The summed E-state index contributed by atoms with van der Waals surface area (Å²) >= 11 is 1.41.